The quantitative estimate of drug-likeness (QED) is 0.885. The van der Waals surface area contributed by atoms with Gasteiger partial charge in [-0.25, -0.2) is 0 Å². The average molecular weight is 291 g/mol. The molecule has 1 aliphatic heterocycles. The van der Waals surface area contributed by atoms with Crippen molar-refractivity contribution in [2.45, 2.75) is 5.92 Å². The van der Waals surface area contributed by atoms with Crippen LogP contribution in [-0.2, 0) is 0 Å². The first-order valence-electron chi connectivity index (χ1n) is 6.06. The highest BCUT2D eigenvalue weighted by atomic mass is 35.5. The molecule has 0 aliphatic carbocycles. The minimum Gasteiger partial charge on any atom is -0.309 e. The molecule has 0 spiro atoms. The Morgan fingerprint density at radius 2 is 1.47 bits per heavy atom. The van der Waals surface area contributed by atoms with Gasteiger partial charge >= 0.3 is 0 Å². The molecular weight excluding hydrogens is 279 g/mol. The number of hydrogen-bond donors (Lipinski definition) is 1. The lowest BCUT2D eigenvalue weighted by molar-refractivity contribution is 0.763. The van der Waals surface area contributed by atoms with Crippen LogP contribution < -0.4 is 5.43 Å². The molecule has 2 aromatic rings. The van der Waals surface area contributed by atoms with Gasteiger partial charge in [-0.1, -0.05) is 47.5 Å². The van der Waals surface area contributed by atoms with E-state index in [1.165, 1.54) is 5.56 Å². The second kappa shape index (κ2) is 5.24. The SMILES string of the molecule is Clc1ccc(C2=NNCC2c2ccc(Cl)cc2)cc1. The Morgan fingerprint density at radius 1 is 0.895 bits per heavy atom. The molecule has 3 rings (SSSR count). The first-order chi connectivity index (χ1) is 9.24. The summed E-state index contributed by atoms with van der Waals surface area (Å²) in [6.45, 7) is 0.805. The summed E-state index contributed by atoms with van der Waals surface area (Å²) in [6, 6.07) is 15.7. The highest BCUT2D eigenvalue weighted by Gasteiger charge is 2.24. The fraction of sp³-hybridized carbons (Fsp3) is 0.133. The first-order valence-corrected chi connectivity index (χ1v) is 6.81. The van der Waals surface area contributed by atoms with Crippen LogP contribution >= 0.6 is 23.2 Å². The molecule has 4 heteroatoms. The summed E-state index contributed by atoms with van der Waals surface area (Å²) in [4.78, 5) is 0. The fourth-order valence-electron chi connectivity index (χ4n) is 2.25. The largest absolute Gasteiger partial charge is 0.309 e. The zero-order chi connectivity index (χ0) is 13.2. The van der Waals surface area contributed by atoms with Crippen molar-refractivity contribution in [3.8, 4) is 0 Å². The molecular formula is C15H12Cl2N2. The lowest BCUT2D eigenvalue weighted by Gasteiger charge is -2.12. The van der Waals surface area contributed by atoms with Gasteiger partial charge in [0.1, 0.15) is 0 Å². The van der Waals surface area contributed by atoms with E-state index < -0.39 is 0 Å². The number of hydrogen-bond acceptors (Lipinski definition) is 2. The fourth-order valence-corrected chi connectivity index (χ4v) is 2.51. The van der Waals surface area contributed by atoms with Crippen LogP contribution in [0.25, 0.3) is 0 Å². The molecule has 1 unspecified atom stereocenters. The van der Waals surface area contributed by atoms with Gasteiger partial charge in [-0.15, -0.1) is 0 Å². The maximum Gasteiger partial charge on any atom is 0.0768 e. The smallest absolute Gasteiger partial charge is 0.0768 e. The Kier molecular flexibility index (Phi) is 3.45. The van der Waals surface area contributed by atoms with E-state index in [-0.39, 0.29) is 5.92 Å². The van der Waals surface area contributed by atoms with Gasteiger partial charge in [0.25, 0.3) is 0 Å². The van der Waals surface area contributed by atoms with Crippen LogP contribution in [0.4, 0.5) is 0 Å². The van der Waals surface area contributed by atoms with E-state index in [0.29, 0.717) is 0 Å². The second-order valence-corrected chi connectivity index (χ2v) is 5.34. The maximum atomic E-state index is 5.93. The van der Waals surface area contributed by atoms with E-state index in [0.717, 1.165) is 27.9 Å². The summed E-state index contributed by atoms with van der Waals surface area (Å²) in [5.74, 6) is 0.249. The molecule has 19 heavy (non-hydrogen) atoms. The minimum atomic E-state index is 0.249. The molecule has 0 saturated carbocycles. The molecule has 0 bridgehead atoms. The van der Waals surface area contributed by atoms with Crippen LogP contribution in [0.1, 0.15) is 17.0 Å². The van der Waals surface area contributed by atoms with Crippen molar-refractivity contribution >= 4 is 28.9 Å². The Balaban J connectivity index is 1.93. The molecule has 2 aromatic carbocycles. The summed E-state index contributed by atoms with van der Waals surface area (Å²) >= 11 is 11.8. The minimum absolute atomic E-state index is 0.249. The normalized spacial score (nSPS) is 18.0. The molecule has 0 fully saturated rings. The van der Waals surface area contributed by atoms with Crippen molar-refractivity contribution < 1.29 is 0 Å². The third kappa shape index (κ3) is 2.60. The van der Waals surface area contributed by atoms with E-state index in [4.69, 9.17) is 23.2 Å². The number of halogens is 2. The lowest BCUT2D eigenvalue weighted by Crippen LogP contribution is -2.14. The van der Waals surface area contributed by atoms with Crippen molar-refractivity contribution in [2.24, 2.45) is 5.10 Å². The summed E-state index contributed by atoms with van der Waals surface area (Å²) in [6.07, 6.45) is 0. The van der Waals surface area contributed by atoms with Crippen molar-refractivity contribution in [2.75, 3.05) is 6.54 Å². The molecule has 0 amide bonds. The highest BCUT2D eigenvalue weighted by Crippen LogP contribution is 2.26. The van der Waals surface area contributed by atoms with Crippen LogP contribution in [0.15, 0.2) is 53.6 Å². The van der Waals surface area contributed by atoms with Gasteiger partial charge in [-0.05, 0) is 35.4 Å². The predicted octanol–water partition coefficient (Wildman–Crippen LogP) is 4.08. The van der Waals surface area contributed by atoms with Crippen molar-refractivity contribution in [1.82, 2.24) is 5.43 Å². The van der Waals surface area contributed by atoms with Crippen LogP contribution in [-0.4, -0.2) is 12.3 Å². The van der Waals surface area contributed by atoms with E-state index in [1.807, 2.05) is 48.5 Å². The van der Waals surface area contributed by atoms with Crippen LogP contribution in [0.5, 0.6) is 0 Å². The molecule has 0 saturated heterocycles. The molecule has 1 atom stereocenters. The van der Waals surface area contributed by atoms with Gasteiger partial charge in [-0.2, -0.15) is 5.10 Å². The molecule has 96 valence electrons. The third-order valence-electron chi connectivity index (χ3n) is 3.24. The molecule has 1 heterocycles. The van der Waals surface area contributed by atoms with E-state index in [9.17, 15) is 0 Å². The van der Waals surface area contributed by atoms with Gasteiger partial charge in [-0.3, -0.25) is 0 Å². The molecule has 1 aliphatic rings. The van der Waals surface area contributed by atoms with Gasteiger partial charge in [0.05, 0.1) is 5.71 Å². The maximum absolute atomic E-state index is 5.93. The monoisotopic (exact) mass is 290 g/mol. The summed E-state index contributed by atoms with van der Waals surface area (Å²) in [5, 5.41) is 5.89. The Hall–Kier alpha value is -1.51. The van der Waals surface area contributed by atoms with Crippen LogP contribution in [0.3, 0.4) is 0 Å². The number of nitrogens with one attached hydrogen (secondary N) is 1. The number of benzene rings is 2. The van der Waals surface area contributed by atoms with E-state index in [2.05, 4.69) is 10.5 Å². The van der Waals surface area contributed by atoms with Crippen molar-refractivity contribution in [3.05, 3.63) is 69.7 Å². The zero-order valence-electron chi connectivity index (χ0n) is 10.1. The summed E-state index contributed by atoms with van der Waals surface area (Å²) in [7, 11) is 0. The third-order valence-corrected chi connectivity index (χ3v) is 3.74. The summed E-state index contributed by atoms with van der Waals surface area (Å²) in [5.41, 5.74) is 6.41. The van der Waals surface area contributed by atoms with Gasteiger partial charge in [0, 0.05) is 22.5 Å². The average Bonchev–Trinajstić information content (AvgIpc) is 2.90. The Morgan fingerprint density at radius 3 is 2.11 bits per heavy atom. The topological polar surface area (TPSA) is 24.4 Å². The lowest BCUT2D eigenvalue weighted by atomic mass is 9.91. The highest BCUT2D eigenvalue weighted by molar-refractivity contribution is 6.31. The Labute approximate surface area is 122 Å². The van der Waals surface area contributed by atoms with Crippen LogP contribution in [0.2, 0.25) is 10.0 Å². The molecule has 0 aromatic heterocycles. The Bertz CT molecular complexity index is 603. The van der Waals surface area contributed by atoms with Crippen LogP contribution in [0, 0.1) is 0 Å². The molecule has 0 radical (unpaired) electrons. The number of nitrogens with zero attached hydrogens (tertiary/aromatic N) is 1. The van der Waals surface area contributed by atoms with Gasteiger partial charge in [0.2, 0.25) is 0 Å². The summed E-state index contributed by atoms with van der Waals surface area (Å²) < 4.78 is 0. The van der Waals surface area contributed by atoms with E-state index >= 15 is 0 Å². The molecule has 2 nitrogen and oxygen atoms in total. The predicted molar refractivity (Wildman–Crippen MR) is 80.2 cm³/mol. The van der Waals surface area contributed by atoms with Crippen molar-refractivity contribution in [1.29, 1.82) is 0 Å². The zero-order valence-corrected chi connectivity index (χ0v) is 11.6. The van der Waals surface area contributed by atoms with Gasteiger partial charge < -0.3 is 5.43 Å². The van der Waals surface area contributed by atoms with Gasteiger partial charge in [0.15, 0.2) is 0 Å². The van der Waals surface area contributed by atoms with Crippen molar-refractivity contribution in [3.63, 3.8) is 0 Å². The number of hydrazone groups is 1. The standard InChI is InChI=1S/C15H12Cl2N2/c16-12-5-1-10(2-6-12)14-9-18-19-15(14)11-3-7-13(17)8-4-11/h1-8,14,18H,9H2. The van der Waals surface area contributed by atoms with E-state index in [1.54, 1.807) is 0 Å². The first kappa shape index (κ1) is 12.5. The second-order valence-electron chi connectivity index (χ2n) is 4.47. The number of rotatable bonds is 2. The molecule has 1 N–H and O–H groups in total.